The Labute approximate surface area is 186 Å². The van der Waals surface area contributed by atoms with Crippen LogP contribution in [-0.2, 0) is 0 Å². The number of hydrogen-bond acceptors (Lipinski definition) is 3. The van der Waals surface area contributed by atoms with E-state index in [2.05, 4.69) is 88.7 Å². The molecule has 0 amide bonds. The van der Waals surface area contributed by atoms with E-state index < -0.39 is 0 Å². The molecule has 0 aliphatic carbocycles. The van der Waals surface area contributed by atoms with Gasteiger partial charge in [-0.15, -0.1) is 0 Å². The van der Waals surface area contributed by atoms with E-state index in [1.54, 1.807) is 0 Å². The molecule has 5 heteroatoms. The smallest absolute Gasteiger partial charge is 0.0744 e. The summed E-state index contributed by atoms with van der Waals surface area (Å²) in [5.74, 6) is 0. The van der Waals surface area contributed by atoms with Gasteiger partial charge in [0, 0.05) is 34.2 Å². The largest absolute Gasteiger partial charge is 0.367 e. The second-order valence-corrected chi connectivity index (χ2v) is 8.13. The summed E-state index contributed by atoms with van der Waals surface area (Å²) in [6, 6.07) is 14.9. The molecule has 5 nitrogen and oxygen atoms in total. The number of hydrogen-bond donors (Lipinski definition) is 2. The van der Waals surface area contributed by atoms with Gasteiger partial charge in [-0.25, -0.2) is 9.97 Å². The zero-order valence-electron chi connectivity index (χ0n) is 17.8. The van der Waals surface area contributed by atoms with Crippen molar-refractivity contribution in [3.63, 3.8) is 0 Å². The molecule has 8 bridgehead atoms. The van der Waals surface area contributed by atoms with E-state index in [9.17, 15) is 0 Å². The predicted molar refractivity (Wildman–Crippen MR) is 132 cm³/mol. The van der Waals surface area contributed by atoms with Crippen LogP contribution in [0.4, 0.5) is 0 Å². The molecule has 6 heterocycles. The third-order valence-electron chi connectivity index (χ3n) is 5.92. The average Bonchev–Trinajstić information content (AvgIpc) is 3.59. The number of H-pyrrole nitrogens is 2. The lowest BCUT2D eigenvalue weighted by Gasteiger charge is -2.29. The van der Waals surface area contributed by atoms with Crippen LogP contribution >= 0.6 is 0 Å². The molecule has 6 rings (SSSR count). The lowest BCUT2D eigenvalue weighted by molar-refractivity contribution is 0.340. The molecule has 156 valence electrons. The molecule has 3 aromatic rings. The Kier molecular flexibility index (Phi) is 4.39. The van der Waals surface area contributed by atoms with Crippen molar-refractivity contribution in [1.29, 1.82) is 0 Å². The van der Waals surface area contributed by atoms with Crippen LogP contribution in [0.5, 0.6) is 0 Å². The van der Waals surface area contributed by atoms with Crippen LogP contribution in [0.2, 0.25) is 0 Å². The maximum absolute atomic E-state index is 4.80. The van der Waals surface area contributed by atoms with Gasteiger partial charge in [0.25, 0.3) is 0 Å². The van der Waals surface area contributed by atoms with Crippen LogP contribution in [0.3, 0.4) is 0 Å². The normalized spacial score (nSPS) is 16.8. The highest BCUT2D eigenvalue weighted by Crippen LogP contribution is 2.30. The molecule has 1 atom stereocenters. The summed E-state index contributed by atoms with van der Waals surface area (Å²) in [6.07, 6.45) is 16.7. The number of rotatable bonds is 2. The van der Waals surface area contributed by atoms with Gasteiger partial charge in [0.15, 0.2) is 0 Å². The quantitative estimate of drug-likeness (QED) is 0.365. The minimum atomic E-state index is 0.178. The van der Waals surface area contributed by atoms with Crippen molar-refractivity contribution < 1.29 is 0 Å². The van der Waals surface area contributed by atoms with Gasteiger partial charge in [0.2, 0.25) is 0 Å². The summed E-state index contributed by atoms with van der Waals surface area (Å²) in [6.45, 7) is 3.12. The molecule has 0 spiro atoms. The molecular formula is C27H23N5. The highest BCUT2D eigenvalue weighted by atomic mass is 15.1. The van der Waals surface area contributed by atoms with E-state index in [1.165, 1.54) is 5.56 Å². The molecule has 3 aliphatic rings. The summed E-state index contributed by atoms with van der Waals surface area (Å²) in [5.41, 5.74) is 9.10. The standard InChI is InChI=1S/C27H23N5/c1-2-32-12-4-3-5-27(32)25-16-24-15-22-9-8-20(29-22)13-18-6-7-19(28-18)14-21-10-11-23(30-21)17-26(25)31-24/h3-17,27,29,31H,2H2,1H3. The zero-order valence-corrected chi connectivity index (χ0v) is 17.8. The van der Waals surface area contributed by atoms with Gasteiger partial charge < -0.3 is 14.9 Å². The van der Waals surface area contributed by atoms with Crippen LogP contribution in [-0.4, -0.2) is 31.4 Å². The maximum atomic E-state index is 4.80. The highest BCUT2D eigenvalue weighted by Gasteiger charge is 2.18. The average molecular weight is 418 g/mol. The van der Waals surface area contributed by atoms with Gasteiger partial charge in [-0.2, -0.15) is 0 Å². The Bertz CT molecular complexity index is 1480. The van der Waals surface area contributed by atoms with Crippen LogP contribution < -0.4 is 0 Å². The first kappa shape index (κ1) is 18.6. The molecule has 0 radical (unpaired) electrons. The van der Waals surface area contributed by atoms with Crippen molar-refractivity contribution in [3.8, 4) is 0 Å². The lowest BCUT2D eigenvalue weighted by Crippen LogP contribution is -2.23. The Balaban J connectivity index is 1.63. The fourth-order valence-corrected chi connectivity index (χ4v) is 4.40. The van der Waals surface area contributed by atoms with Crippen molar-refractivity contribution in [2.45, 2.75) is 13.0 Å². The van der Waals surface area contributed by atoms with Gasteiger partial charge in [0.05, 0.1) is 28.8 Å². The van der Waals surface area contributed by atoms with Gasteiger partial charge >= 0.3 is 0 Å². The van der Waals surface area contributed by atoms with Gasteiger partial charge in [-0.1, -0.05) is 12.2 Å². The Hall–Kier alpha value is -4.12. The second-order valence-electron chi connectivity index (χ2n) is 8.13. The molecule has 2 N–H and O–H groups in total. The first-order chi connectivity index (χ1) is 15.7. The Morgan fingerprint density at radius 2 is 1.44 bits per heavy atom. The summed E-state index contributed by atoms with van der Waals surface area (Å²) in [7, 11) is 0. The zero-order chi connectivity index (χ0) is 21.5. The number of aromatic amines is 2. The summed E-state index contributed by atoms with van der Waals surface area (Å²) in [5, 5.41) is 0. The molecular weight excluding hydrogens is 394 g/mol. The molecule has 0 saturated carbocycles. The van der Waals surface area contributed by atoms with E-state index in [4.69, 9.17) is 9.97 Å². The molecule has 0 saturated heterocycles. The number of likely N-dealkylation sites (N-methyl/N-ethyl adjacent to an activating group) is 1. The highest BCUT2D eigenvalue weighted by molar-refractivity contribution is 5.78. The van der Waals surface area contributed by atoms with E-state index in [0.29, 0.717) is 0 Å². The van der Waals surface area contributed by atoms with Gasteiger partial charge in [0.1, 0.15) is 0 Å². The summed E-state index contributed by atoms with van der Waals surface area (Å²) >= 11 is 0. The third kappa shape index (κ3) is 3.48. The topological polar surface area (TPSA) is 60.6 Å². The Morgan fingerprint density at radius 3 is 2.19 bits per heavy atom. The monoisotopic (exact) mass is 417 g/mol. The van der Waals surface area contributed by atoms with Crippen LogP contribution in [0.15, 0.2) is 66.9 Å². The fraction of sp³-hybridized carbons (Fsp3) is 0.111. The van der Waals surface area contributed by atoms with Crippen molar-refractivity contribution in [2.75, 3.05) is 6.54 Å². The van der Waals surface area contributed by atoms with Gasteiger partial charge in [-0.05, 0) is 86.0 Å². The fourth-order valence-electron chi connectivity index (χ4n) is 4.40. The van der Waals surface area contributed by atoms with Crippen molar-refractivity contribution in [2.24, 2.45) is 0 Å². The molecule has 0 aromatic carbocycles. The minimum absolute atomic E-state index is 0.178. The number of fused-ring (bicyclic) bond motifs is 8. The number of allylic oxidation sites excluding steroid dienone is 2. The number of nitrogens with one attached hydrogen (secondary N) is 2. The molecule has 32 heavy (non-hydrogen) atoms. The molecule has 1 unspecified atom stereocenters. The van der Waals surface area contributed by atoms with Gasteiger partial charge in [-0.3, -0.25) is 0 Å². The molecule has 3 aliphatic heterocycles. The van der Waals surface area contributed by atoms with Crippen LogP contribution in [0.1, 0.15) is 41.3 Å². The molecule has 3 aromatic heterocycles. The summed E-state index contributed by atoms with van der Waals surface area (Å²) < 4.78 is 0. The minimum Gasteiger partial charge on any atom is -0.367 e. The maximum Gasteiger partial charge on any atom is 0.0744 e. The SMILES string of the molecule is CCN1C=CC=CC1c1cc2cc3ccc(cc4nc(cc5nc(cc1[nH]2)C=C5)C=C4)[nH]3. The molecule has 0 fully saturated rings. The van der Waals surface area contributed by atoms with E-state index >= 15 is 0 Å². The first-order valence-electron chi connectivity index (χ1n) is 10.9. The van der Waals surface area contributed by atoms with E-state index in [0.717, 1.165) is 51.4 Å². The summed E-state index contributed by atoms with van der Waals surface area (Å²) in [4.78, 5) is 18.9. The predicted octanol–water partition coefficient (Wildman–Crippen LogP) is 6.10. The van der Waals surface area contributed by atoms with Crippen molar-refractivity contribution in [3.05, 3.63) is 95.2 Å². The Morgan fingerprint density at radius 1 is 0.750 bits per heavy atom. The third-order valence-corrected chi connectivity index (χ3v) is 5.92. The first-order valence-corrected chi connectivity index (χ1v) is 10.9. The van der Waals surface area contributed by atoms with Crippen LogP contribution in [0, 0.1) is 0 Å². The number of aromatic nitrogens is 4. The van der Waals surface area contributed by atoms with Crippen molar-refractivity contribution in [1.82, 2.24) is 24.8 Å². The lowest BCUT2D eigenvalue weighted by atomic mass is 10.0. The van der Waals surface area contributed by atoms with E-state index in [-0.39, 0.29) is 6.04 Å². The van der Waals surface area contributed by atoms with Crippen molar-refractivity contribution >= 4 is 46.4 Å². The second kappa shape index (κ2) is 7.54. The van der Waals surface area contributed by atoms with Crippen LogP contribution in [0.25, 0.3) is 46.4 Å². The van der Waals surface area contributed by atoms with E-state index in [1.807, 2.05) is 24.3 Å². The number of nitrogens with zero attached hydrogens (tertiary/aromatic N) is 3.